The van der Waals surface area contributed by atoms with Crippen LogP contribution < -0.4 is 10.6 Å². The Morgan fingerprint density at radius 3 is 2.86 bits per heavy atom. The number of hydrogen-bond acceptors (Lipinski definition) is 3. The molecule has 116 valence electrons. The summed E-state index contributed by atoms with van der Waals surface area (Å²) in [6.07, 6.45) is 2.25. The van der Waals surface area contributed by atoms with E-state index in [9.17, 15) is 9.18 Å². The van der Waals surface area contributed by atoms with Gasteiger partial charge >= 0.3 is 0 Å². The van der Waals surface area contributed by atoms with Gasteiger partial charge < -0.3 is 15.4 Å². The molecule has 0 unspecified atom stereocenters. The lowest BCUT2D eigenvalue weighted by atomic mass is 10.1. The summed E-state index contributed by atoms with van der Waals surface area (Å²) in [7, 11) is 0. The van der Waals surface area contributed by atoms with Crippen molar-refractivity contribution < 1.29 is 13.9 Å². The normalized spacial score (nSPS) is 21.0. The van der Waals surface area contributed by atoms with E-state index in [0.29, 0.717) is 5.69 Å². The van der Waals surface area contributed by atoms with E-state index in [1.165, 1.54) is 12.1 Å². The SMILES string of the molecule is Cc1ccc(F)cc1NC(=O)[C@H](C)N[C@H](C)[C@H]1CCCO1. The molecule has 0 aromatic heterocycles. The smallest absolute Gasteiger partial charge is 0.241 e. The van der Waals surface area contributed by atoms with Crippen LogP contribution >= 0.6 is 0 Å². The highest BCUT2D eigenvalue weighted by Gasteiger charge is 2.25. The molecule has 0 radical (unpaired) electrons. The third kappa shape index (κ3) is 4.25. The van der Waals surface area contributed by atoms with Crippen molar-refractivity contribution in [3.63, 3.8) is 0 Å². The molecule has 1 aliphatic rings. The highest BCUT2D eigenvalue weighted by atomic mass is 19.1. The Bertz CT molecular complexity index is 501. The first kappa shape index (κ1) is 15.9. The molecule has 21 heavy (non-hydrogen) atoms. The van der Waals surface area contributed by atoms with Crippen LogP contribution in [0.25, 0.3) is 0 Å². The Kier molecular flexibility index (Phi) is 5.31. The van der Waals surface area contributed by atoms with Gasteiger partial charge in [0.25, 0.3) is 0 Å². The molecule has 1 amide bonds. The number of amides is 1. The van der Waals surface area contributed by atoms with Gasteiger partial charge in [-0.25, -0.2) is 4.39 Å². The number of aryl methyl sites for hydroxylation is 1. The van der Waals surface area contributed by atoms with Gasteiger partial charge in [0.1, 0.15) is 5.82 Å². The molecule has 0 spiro atoms. The predicted octanol–water partition coefficient (Wildman–Crippen LogP) is 2.62. The number of rotatable bonds is 5. The van der Waals surface area contributed by atoms with Crippen molar-refractivity contribution in [2.45, 2.75) is 51.8 Å². The lowest BCUT2D eigenvalue weighted by Crippen LogP contribution is -2.47. The topological polar surface area (TPSA) is 50.4 Å². The second kappa shape index (κ2) is 7.00. The predicted molar refractivity (Wildman–Crippen MR) is 80.8 cm³/mol. The summed E-state index contributed by atoms with van der Waals surface area (Å²) in [6, 6.07) is 4.11. The lowest BCUT2D eigenvalue weighted by molar-refractivity contribution is -0.118. The van der Waals surface area contributed by atoms with Crippen molar-refractivity contribution in [2.24, 2.45) is 0 Å². The zero-order valence-corrected chi connectivity index (χ0v) is 12.8. The lowest BCUT2D eigenvalue weighted by Gasteiger charge is -2.24. The van der Waals surface area contributed by atoms with Crippen LogP contribution in [-0.4, -0.2) is 30.7 Å². The number of anilines is 1. The number of carbonyl (C=O) groups excluding carboxylic acids is 1. The van der Waals surface area contributed by atoms with Gasteiger partial charge in [-0.15, -0.1) is 0 Å². The molecule has 0 saturated carbocycles. The van der Waals surface area contributed by atoms with Crippen LogP contribution in [0.15, 0.2) is 18.2 Å². The minimum Gasteiger partial charge on any atom is -0.377 e. The van der Waals surface area contributed by atoms with E-state index in [1.54, 1.807) is 13.0 Å². The minimum absolute atomic E-state index is 0.113. The summed E-state index contributed by atoms with van der Waals surface area (Å²) in [5, 5.41) is 6.01. The van der Waals surface area contributed by atoms with Crippen LogP contribution in [0.5, 0.6) is 0 Å². The Balaban J connectivity index is 1.91. The first-order chi connectivity index (χ1) is 9.97. The fraction of sp³-hybridized carbons (Fsp3) is 0.562. The number of nitrogens with one attached hydrogen (secondary N) is 2. The molecule has 1 heterocycles. The van der Waals surface area contributed by atoms with Crippen LogP contribution in [0.2, 0.25) is 0 Å². The number of hydrogen-bond donors (Lipinski definition) is 2. The van der Waals surface area contributed by atoms with Crippen LogP contribution in [0.1, 0.15) is 32.3 Å². The number of benzene rings is 1. The first-order valence-corrected chi connectivity index (χ1v) is 7.42. The third-order valence-electron chi connectivity index (χ3n) is 3.89. The van der Waals surface area contributed by atoms with E-state index in [0.717, 1.165) is 25.0 Å². The maximum atomic E-state index is 13.2. The number of ether oxygens (including phenoxy) is 1. The van der Waals surface area contributed by atoms with Crippen molar-refractivity contribution in [3.8, 4) is 0 Å². The molecular formula is C16H23FN2O2. The Morgan fingerprint density at radius 2 is 2.19 bits per heavy atom. The molecule has 3 atom stereocenters. The third-order valence-corrected chi connectivity index (χ3v) is 3.89. The quantitative estimate of drug-likeness (QED) is 0.877. The molecule has 1 aliphatic heterocycles. The summed E-state index contributed by atoms with van der Waals surface area (Å²) in [4.78, 5) is 12.2. The van der Waals surface area contributed by atoms with Gasteiger partial charge in [0.15, 0.2) is 0 Å². The minimum atomic E-state index is -0.369. The van der Waals surface area contributed by atoms with Gasteiger partial charge in [-0.05, 0) is 51.3 Å². The number of carbonyl (C=O) groups is 1. The standard InChI is InChI=1S/C16H23FN2O2/c1-10-6-7-13(17)9-14(10)19-16(20)12(3)18-11(2)15-5-4-8-21-15/h6-7,9,11-12,15,18H,4-5,8H2,1-3H3,(H,19,20)/t11-,12+,15-/m1/s1. The number of halogens is 1. The van der Waals surface area contributed by atoms with Gasteiger partial charge in [-0.2, -0.15) is 0 Å². The molecule has 1 aromatic rings. The molecule has 2 N–H and O–H groups in total. The molecule has 1 saturated heterocycles. The summed E-state index contributed by atoms with van der Waals surface area (Å²) in [5.41, 5.74) is 1.35. The van der Waals surface area contributed by atoms with Crippen LogP contribution in [0, 0.1) is 12.7 Å². The average Bonchev–Trinajstić information content (AvgIpc) is 2.97. The fourth-order valence-corrected chi connectivity index (χ4v) is 2.54. The van der Waals surface area contributed by atoms with Gasteiger partial charge in [-0.1, -0.05) is 6.07 Å². The fourth-order valence-electron chi connectivity index (χ4n) is 2.54. The highest BCUT2D eigenvalue weighted by molar-refractivity contribution is 5.95. The van der Waals surface area contributed by atoms with E-state index in [-0.39, 0.29) is 29.9 Å². The van der Waals surface area contributed by atoms with Crippen molar-refractivity contribution in [2.75, 3.05) is 11.9 Å². The van der Waals surface area contributed by atoms with Crippen molar-refractivity contribution in [1.82, 2.24) is 5.32 Å². The van der Waals surface area contributed by atoms with Gasteiger partial charge in [0.05, 0.1) is 12.1 Å². The molecule has 0 aliphatic carbocycles. The van der Waals surface area contributed by atoms with Crippen LogP contribution in [-0.2, 0) is 9.53 Å². The molecular weight excluding hydrogens is 271 g/mol. The molecule has 0 bridgehead atoms. The van der Waals surface area contributed by atoms with Crippen LogP contribution in [0.4, 0.5) is 10.1 Å². The zero-order valence-electron chi connectivity index (χ0n) is 12.8. The first-order valence-electron chi connectivity index (χ1n) is 7.42. The summed E-state index contributed by atoms with van der Waals surface area (Å²) in [6.45, 7) is 6.45. The Morgan fingerprint density at radius 1 is 1.43 bits per heavy atom. The maximum absolute atomic E-state index is 13.2. The second-order valence-electron chi connectivity index (χ2n) is 5.68. The summed E-state index contributed by atoms with van der Waals surface area (Å²) < 4.78 is 18.8. The largest absolute Gasteiger partial charge is 0.377 e. The average molecular weight is 294 g/mol. The van der Waals surface area contributed by atoms with Crippen molar-refractivity contribution in [1.29, 1.82) is 0 Å². The monoisotopic (exact) mass is 294 g/mol. The van der Waals surface area contributed by atoms with Gasteiger partial charge in [-0.3, -0.25) is 4.79 Å². The zero-order chi connectivity index (χ0) is 15.4. The van der Waals surface area contributed by atoms with Gasteiger partial charge in [0, 0.05) is 18.3 Å². The van der Waals surface area contributed by atoms with Crippen molar-refractivity contribution >= 4 is 11.6 Å². The van der Waals surface area contributed by atoms with E-state index in [4.69, 9.17) is 4.74 Å². The Labute approximate surface area is 125 Å². The molecule has 5 heteroatoms. The summed E-state index contributed by atoms with van der Waals surface area (Å²) in [5.74, 6) is -0.530. The Hall–Kier alpha value is -1.46. The van der Waals surface area contributed by atoms with Gasteiger partial charge in [0.2, 0.25) is 5.91 Å². The molecule has 1 aromatic carbocycles. The van der Waals surface area contributed by atoms with E-state index in [1.807, 2.05) is 13.8 Å². The van der Waals surface area contributed by atoms with E-state index < -0.39 is 0 Å². The summed E-state index contributed by atoms with van der Waals surface area (Å²) >= 11 is 0. The highest BCUT2D eigenvalue weighted by Crippen LogP contribution is 2.17. The molecule has 4 nitrogen and oxygen atoms in total. The molecule has 1 fully saturated rings. The maximum Gasteiger partial charge on any atom is 0.241 e. The second-order valence-corrected chi connectivity index (χ2v) is 5.68. The van der Waals surface area contributed by atoms with E-state index >= 15 is 0 Å². The van der Waals surface area contributed by atoms with Crippen LogP contribution in [0.3, 0.4) is 0 Å². The molecule has 2 rings (SSSR count). The van der Waals surface area contributed by atoms with Crippen molar-refractivity contribution in [3.05, 3.63) is 29.6 Å². The van der Waals surface area contributed by atoms with E-state index in [2.05, 4.69) is 10.6 Å².